The van der Waals surface area contributed by atoms with Crippen LogP contribution in [0.1, 0.15) is 41.3 Å². The number of ether oxygens (including phenoxy) is 1. The Morgan fingerprint density at radius 3 is 2.52 bits per heavy atom. The molecule has 0 unspecified atom stereocenters. The number of piperidine rings is 1. The van der Waals surface area contributed by atoms with Gasteiger partial charge in [-0.15, -0.1) is 0 Å². The van der Waals surface area contributed by atoms with Crippen LogP contribution < -0.4 is 5.32 Å². The number of nitrogens with zero attached hydrogens (tertiary/aromatic N) is 1. The topological polar surface area (TPSA) is 92.8 Å². The fourth-order valence-electron chi connectivity index (χ4n) is 3.67. The number of esters is 1. The summed E-state index contributed by atoms with van der Waals surface area (Å²) in [5, 5.41) is 2.87. The van der Waals surface area contributed by atoms with E-state index in [4.69, 9.17) is 4.74 Å². The van der Waals surface area contributed by atoms with E-state index < -0.39 is 21.9 Å². The van der Waals surface area contributed by atoms with Crippen molar-refractivity contribution in [2.45, 2.75) is 38.5 Å². The quantitative estimate of drug-likeness (QED) is 0.688. The number of hydrogen-bond donors (Lipinski definition) is 1. The van der Waals surface area contributed by atoms with Crippen molar-refractivity contribution in [3.63, 3.8) is 0 Å². The summed E-state index contributed by atoms with van der Waals surface area (Å²) in [5.41, 5.74) is 2.52. The maximum atomic E-state index is 13.0. The van der Waals surface area contributed by atoms with Gasteiger partial charge in [-0.3, -0.25) is 4.79 Å². The minimum absolute atomic E-state index is 0.124. The lowest BCUT2D eigenvalue weighted by atomic mass is 9.98. The van der Waals surface area contributed by atoms with Crippen LogP contribution in [0.2, 0.25) is 0 Å². The van der Waals surface area contributed by atoms with E-state index in [0.717, 1.165) is 5.56 Å². The fourth-order valence-corrected chi connectivity index (χ4v) is 5.19. The molecule has 1 aliphatic heterocycles. The van der Waals surface area contributed by atoms with Crippen LogP contribution in [0.25, 0.3) is 0 Å². The molecule has 1 aliphatic rings. The molecule has 31 heavy (non-hydrogen) atoms. The van der Waals surface area contributed by atoms with Gasteiger partial charge in [0.1, 0.15) is 0 Å². The number of hydrogen-bond acceptors (Lipinski definition) is 5. The lowest BCUT2D eigenvalue weighted by molar-refractivity contribution is -0.120. The maximum absolute atomic E-state index is 13.0. The Balaban J connectivity index is 1.74. The Morgan fingerprint density at radius 1 is 1.13 bits per heavy atom. The van der Waals surface area contributed by atoms with Crippen molar-refractivity contribution in [3.05, 3.63) is 59.2 Å². The first-order chi connectivity index (χ1) is 14.7. The molecule has 1 N–H and O–H groups in total. The lowest BCUT2D eigenvalue weighted by Crippen LogP contribution is -2.43. The van der Waals surface area contributed by atoms with Gasteiger partial charge in [0.05, 0.1) is 23.0 Å². The standard InChI is InChI=1S/C23H28N2O5S/c1-4-30-23(27)20-8-5-9-21(17(20)3)24-22(26)18-7-6-14-25(15-18)31(28,29)19-12-10-16(2)11-13-19/h5,8-13,18H,4,6-7,14-15H2,1-3H3,(H,24,26)/t18-/m1/s1. The van der Waals surface area contributed by atoms with Crippen LogP contribution in [0.5, 0.6) is 0 Å². The SMILES string of the molecule is CCOC(=O)c1cccc(NC(=O)[C@@H]2CCCN(S(=O)(=O)c3ccc(C)cc3)C2)c1C. The van der Waals surface area contributed by atoms with Gasteiger partial charge in [-0.1, -0.05) is 23.8 Å². The van der Waals surface area contributed by atoms with Gasteiger partial charge in [0, 0.05) is 18.8 Å². The number of nitrogens with one attached hydrogen (secondary N) is 1. The molecule has 8 heteroatoms. The van der Waals surface area contributed by atoms with Gasteiger partial charge in [0.15, 0.2) is 0 Å². The van der Waals surface area contributed by atoms with E-state index in [1.807, 2.05) is 6.92 Å². The molecule has 1 saturated heterocycles. The molecule has 166 valence electrons. The van der Waals surface area contributed by atoms with Crippen LogP contribution in [-0.2, 0) is 19.6 Å². The van der Waals surface area contributed by atoms with E-state index >= 15 is 0 Å². The van der Waals surface area contributed by atoms with Gasteiger partial charge < -0.3 is 10.1 Å². The zero-order valence-electron chi connectivity index (χ0n) is 18.1. The Morgan fingerprint density at radius 2 is 1.84 bits per heavy atom. The molecule has 0 spiro atoms. The number of benzene rings is 2. The number of sulfonamides is 1. The molecule has 0 radical (unpaired) electrons. The molecule has 3 rings (SSSR count). The molecular weight excluding hydrogens is 416 g/mol. The number of carbonyl (C=O) groups excluding carboxylic acids is 2. The van der Waals surface area contributed by atoms with Crippen molar-refractivity contribution >= 4 is 27.6 Å². The predicted octanol–water partition coefficient (Wildman–Crippen LogP) is 3.52. The summed E-state index contributed by atoms with van der Waals surface area (Å²) >= 11 is 0. The van der Waals surface area contributed by atoms with Gasteiger partial charge in [-0.05, 0) is 63.4 Å². The van der Waals surface area contributed by atoms with E-state index in [2.05, 4.69) is 5.32 Å². The molecule has 7 nitrogen and oxygen atoms in total. The lowest BCUT2D eigenvalue weighted by Gasteiger charge is -2.31. The van der Waals surface area contributed by atoms with E-state index in [1.165, 1.54) is 4.31 Å². The first kappa shape index (κ1) is 23.0. The molecular formula is C23H28N2O5S. The average Bonchev–Trinajstić information content (AvgIpc) is 2.75. The highest BCUT2D eigenvalue weighted by Gasteiger charge is 2.33. The monoisotopic (exact) mass is 444 g/mol. The molecule has 0 bridgehead atoms. The number of anilines is 1. The Hall–Kier alpha value is -2.71. The molecule has 0 aliphatic carbocycles. The Labute approximate surface area is 183 Å². The van der Waals surface area contributed by atoms with Gasteiger partial charge in [-0.2, -0.15) is 4.31 Å². The second-order valence-electron chi connectivity index (χ2n) is 7.70. The average molecular weight is 445 g/mol. The van der Waals surface area contributed by atoms with Crippen molar-refractivity contribution in [2.24, 2.45) is 5.92 Å². The highest BCUT2D eigenvalue weighted by Crippen LogP contribution is 2.26. The van der Waals surface area contributed by atoms with Crippen LogP contribution in [0.15, 0.2) is 47.4 Å². The van der Waals surface area contributed by atoms with E-state index in [1.54, 1.807) is 56.3 Å². The number of carbonyl (C=O) groups is 2. The molecule has 1 fully saturated rings. The second kappa shape index (κ2) is 9.62. The molecule has 1 amide bonds. The van der Waals surface area contributed by atoms with E-state index in [0.29, 0.717) is 36.2 Å². The predicted molar refractivity (Wildman–Crippen MR) is 118 cm³/mol. The van der Waals surface area contributed by atoms with Crippen molar-refractivity contribution < 1.29 is 22.7 Å². The molecule has 1 heterocycles. The third-order valence-electron chi connectivity index (χ3n) is 5.50. The smallest absolute Gasteiger partial charge is 0.338 e. The summed E-state index contributed by atoms with van der Waals surface area (Å²) in [7, 11) is -3.66. The Kier molecular flexibility index (Phi) is 7.12. The van der Waals surface area contributed by atoms with Gasteiger partial charge in [-0.25, -0.2) is 13.2 Å². The maximum Gasteiger partial charge on any atom is 0.338 e. The molecule has 2 aromatic carbocycles. The summed E-state index contributed by atoms with van der Waals surface area (Å²) in [4.78, 5) is 25.3. The molecule has 1 atom stereocenters. The highest BCUT2D eigenvalue weighted by atomic mass is 32.2. The second-order valence-corrected chi connectivity index (χ2v) is 9.64. The third kappa shape index (κ3) is 5.14. The van der Waals surface area contributed by atoms with Crippen LogP contribution in [0.4, 0.5) is 5.69 Å². The Bertz CT molecular complexity index is 1060. The van der Waals surface area contributed by atoms with Crippen LogP contribution in [0, 0.1) is 19.8 Å². The number of aryl methyl sites for hydroxylation is 1. The normalized spacial score (nSPS) is 17.2. The summed E-state index contributed by atoms with van der Waals surface area (Å²) < 4.78 is 32.4. The third-order valence-corrected chi connectivity index (χ3v) is 7.38. The molecule has 0 aromatic heterocycles. The van der Waals surface area contributed by atoms with Crippen molar-refractivity contribution in [3.8, 4) is 0 Å². The summed E-state index contributed by atoms with van der Waals surface area (Å²) in [6.07, 6.45) is 1.20. The minimum atomic E-state index is -3.66. The van der Waals surface area contributed by atoms with Crippen molar-refractivity contribution in [1.29, 1.82) is 0 Å². The first-order valence-electron chi connectivity index (χ1n) is 10.4. The summed E-state index contributed by atoms with van der Waals surface area (Å²) in [6, 6.07) is 11.8. The van der Waals surface area contributed by atoms with Gasteiger partial charge in [0.25, 0.3) is 0 Å². The zero-order valence-corrected chi connectivity index (χ0v) is 18.9. The summed E-state index contributed by atoms with van der Waals surface area (Å²) in [5.74, 6) is -1.17. The van der Waals surface area contributed by atoms with Crippen molar-refractivity contribution in [2.75, 3.05) is 25.0 Å². The first-order valence-corrected chi connectivity index (χ1v) is 11.8. The van der Waals surface area contributed by atoms with E-state index in [-0.39, 0.29) is 24.0 Å². The van der Waals surface area contributed by atoms with Crippen molar-refractivity contribution in [1.82, 2.24) is 4.31 Å². The van der Waals surface area contributed by atoms with E-state index in [9.17, 15) is 18.0 Å². The molecule has 2 aromatic rings. The fraction of sp³-hybridized carbons (Fsp3) is 0.391. The summed E-state index contributed by atoms with van der Waals surface area (Å²) in [6.45, 7) is 6.16. The number of amides is 1. The zero-order chi connectivity index (χ0) is 22.6. The van der Waals surface area contributed by atoms with Gasteiger partial charge in [0.2, 0.25) is 15.9 Å². The minimum Gasteiger partial charge on any atom is -0.462 e. The largest absolute Gasteiger partial charge is 0.462 e. The van der Waals surface area contributed by atoms with Crippen LogP contribution in [-0.4, -0.2) is 44.3 Å². The number of rotatable bonds is 6. The van der Waals surface area contributed by atoms with Crippen LogP contribution >= 0.6 is 0 Å². The highest BCUT2D eigenvalue weighted by molar-refractivity contribution is 7.89. The molecule has 0 saturated carbocycles. The van der Waals surface area contributed by atoms with Crippen LogP contribution in [0.3, 0.4) is 0 Å². The van der Waals surface area contributed by atoms with Gasteiger partial charge >= 0.3 is 5.97 Å².